The third kappa shape index (κ3) is 6.49. The smallest absolute Gasteiger partial charge is 0.191 e. The Morgan fingerprint density at radius 1 is 1.18 bits per heavy atom. The first-order valence-electron chi connectivity index (χ1n) is 13.3. The van der Waals surface area contributed by atoms with E-state index in [1.54, 1.807) is 24.6 Å². The van der Waals surface area contributed by atoms with Crippen LogP contribution in [0.25, 0.3) is 11.2 Å². The lowest BCUT2D eigenvalue weighted by molar-refractivity contribution is -0.212. The van der Waals surface area contributed by atoms with E-state index in [4.69, 9.17) is 19.4 Å². The van der Waals surface area contributed by atoms with Crippen LogP contribution in [0.5, 0.6) is 0 Å². The standard InChI is InChI=1S/C26H34F2N6O4S/c1-4-9-39-25-30-23(29-19-13-16(19)14-5-6-17(27)18(28)10-14)22-24(31-25)34(33-32-22)20-11-15(37-8-7-35)12-21(20)38-26(2,3)36/h5-6,10,15-16,19-21,35-36H,4,7-9,11-13H2,1-3H3,(H,29,30,31). The van der Waals surface area contributed by atoms with Crippen LogP contribution in [0.3, 0.4) is 0 Å². The molecule has 2 saturated carbocycles. The van der Waals surface area contributed by atoms with Crippen molar-refractivity contribution in [1.82, 2.24) is 25.0 Å². The molecule has 2 aliphatic carbocycles. The van der Waals surface area contributed by atoms with E-state index >= 15 is 0 Å². The van der Waals surface area contributed by atoms with Crippen LogP contribution in [-0.4, -0.2) is 78.2 Å². The van der Waals surface area contributed by atoms with Gasteiger partial charge in [0.15, 0.2) is 39.6 Å². The van der Waals surface area contributed by atoms with E-state index in [0.717, 1.165) is 30.2 Å². The maximum absolute atomic E-state index is 13.8. The van der Waals surface area contributed by atoms with Crippen LogP contribution in [0.2, 0.25) is 0 Å². The summed E-state index contributed by atoms with van der Waals surface area (Å²) in [7, 11) is 0. The van der Waals surface area contributed by atoms with E-state index in [1.165, 1.54) is 17.8 Å². The lowest BCUT2D eigenvalue weighted by Crippen LogP contribution is -2.33. The molecule has 1 aromatic carbocycles. The van der Waals surface area contributed by atoms with Crippen molar-refractivity contribution in [2.24, 2.45) is 0 Å². The van der Waals surface area contributed by atoms with Crippen LogP contribution in [-0.2, 0) is 9.47 Å². The zero-order chi connectivity index (χ0) is 27.7. The van der Waals surface area contributed by atoms with Gasteiger partial charge in [-0.25, -0.2) is 23.4 Å². The van der Waals surface area contributed by atoms with E-state index in [0.29, 0.717) is 35.0 Å². The van der Waals surface area contributed by atoms with Crippen LogP contribution in [0.15, 0.2) is 23.4 Å². The fraction of sp³-hybridized carbons (Fsp3) is 0.615. The molecule has 0 radical (unpaired) electrons. The Hall–Kier alpha value is -2.45. The number of fused-ring (bicyclic) bond motifs is 1. The Balaban J connectivity index is 1.45. The number of thioether (sulfide) groups is 1. The summed E-state index contributed by atoms with van der Waals surface area (Å²) in [5.74, 6) is -1.70. The predicted octanol–water partition coefficient (Wildman–Crippen LogP) is 3.80. The maximum atomic E-state index is 13.8. The van der Waals surface area contributed by atoms with Gasteiger partial charge in [0.1, 0.15) is 0 Å². The molecule has 10 nitrogen and oxygen atoms in total. The van der Waals surface area contributed by atoms with Crippen molar-refractivity contribution in [1.29, 1.82) is 0 Å². The zero-order valence-corrected chi connectivity index (χ0v) is 23.0. The average molecular weight is 565 g/mol. The van der Waals surface area contributed by atoms with Gasteiger partial charge in [-0.2, -0.15) is 0 Å². The molecular weight excluding hydrogens is 530 g/mol. The quantitative estimate of drug-likeness (QED) is 0.170. The van der Waals surface area contributed by atoms with Crippen molar-refractivity contribution in [3.8, 4) is 0 Å². The highest BCUT2D eigenvalue weighted by Crippen LogP contribution is 2.44. The number of aromatic nitrogens is 5. The maximum Gasteiger partial charge on any atom is 0.191 e. The summed E-state index contributed by atoms with van der Waals surface area (Å²) in [6.07, 6.45) is 2.15. The van der Waals surface area contributed by atoms with E-state index in [9.17, 15) is 19.0 Å². The highest BCUT2D eigenvalue weighted by Gasteiger charge is 2.42. The molecule has 5 rings (SSSR count). The molecule has 5 unspecified atom stereocenters. The highest BCUT2D eigenvalue weighted by molar-refractivity contribution is 7.99. The number of anilines is 1. The van der Waals surface area contributed by atoms with Gasteiger partial charge in [0.2, 0.25) is 0 Å². The van der Waals surface area contributed by atoms with Crippen molar-refractivity contribution >= 4 is 28.7 Å². The van der Waals surface area contributed by atoms with Crippen molar-refractivity contribution in [2.45, 2.75) is 87.6 Å². The number of aliphatic hydroxyl groups excluding tert-OH is 1. The summed E-state index contributed by atoms with van der Waals surface area (Å²) in [5.41, 5.74) is 1.76. The van der Waals surface area contributed by atoms with Gasteiger partial charge in [-0.1, -0.05) is 30.0 Å². The second kappa shape index (κ2) is 11.6. The van der Waals surface area contributed by atoms with Gasteiger partial charge in [-0.05, 0) is 50.8 Å². The van der Waals surface area contributed by atoms with Crippen LogP contribution in [0.4, 0.5) is 14.6 Å². The molecule has 5 atom stereocenters. The number of nitrogens with one attached hydrogen (secondary N) is 1. The highest BCUT2D eigenvalue weighted by atomic mass is 32.2. The van der Waals surface area contributed by atoms with Gasteiger partial charge in [0.05, 0.1) is 31.5 Å². The summed E-state index contributed by atoms with van der Waals surface area (Å²) in [6.45, 7) is 5.36. The largest absolute Gasteiger partial charge is 0.394 e. The Bertz CT molecular complexity index is 1310. The Labute approximate surface area is 229 Å². The molecule has 0 spiro atoms. The number of nitrogens with zero attached hydrogens (tertiary/aromatic N) is 5. The van der Waals surface area contributed by atoms with Crippen molar-refractivity contribution in [2.75, 3.05) is 24.3 Å². The molecular formula is C26H34F2N6O4S. The third-order valence-electron chi connectivity index (χ3n) is 6.85. The summed E-state index contributed by atoms with van der Waals surface area (Å²) >= 11 is 1.53. The number of halogens is 2. The average Bonchev–Trinajstić information content (AvgIpc) is 3.34. The molecule has 13 heteroatoms. The minimum Gasteiger partial charge on any atom is -0.394 e. The molecule has 0 bridgehead atoms. The minimum absolute atomic E-state index is 0.0175. The van der Waals surface area contributed by atoms with Crippen molar-refractivity contribution < 1.29 is 28.5 Å². The molecule has 3 N–H and O–H groups in total. The molecule has 2 fully saturated rings. The molecule has 0 saturated heterocycles. The van der Waals surface area contributed by atoms with Crippen LogP contribution < -0.4 is 5.32 Å². The monoisotopic (exact) mass is 564 g/mol. The van der Waals surface area contributed by atoms with Crippen LogP contribution in [0.1, 0.15) is 64.0 Å². The van der Waals surface area contributed by atoms with E-state index < -0.39 is 23.5 Å². The molecule has 212 valence electrons. The summed E-state index contributed by atoms with van der Waals surface area (Å²) < 4.78 is 40.7. The third-order valence-corrected chi connectivity index (χ3v) is 7.90. The lowest BCUT2D eigenvalue weighted by atomic mass is 10.1. The number of hydrogen-bond donors (Lipinski definition) is 3. The first-order chi connectivity index (χ1) is 18.7. The molecule has 2 aliphatic rings. The topological polar surface area (TPSA) is 127 Å². The SMILES string of the molecule is CCCSc1nc(NC2CC2c2ccc(F)c(F)c2)c2nnn(C3CC(OCCO)CC3OC(C)(C)O)c2n1. The zero-order valence-electron chi connectivity index (χ0n) is 22.2. The fourth-order valence-corrected chi connectivity index (χ4v) is 5.77. The Morgan fingerprint density at radius 3 is 2.72 bits per heavy atom. The number of benzene rings is 1. The summed E-state index contributed by atoms with van der Waals surface area (Å²) in [4.78, 5) is 9.50. The van der Waals surface area contributed by atoms with Crippen molar-refractivity contribution in [3.63, 3.8) is 0 Å². The van der Waals surface area contributed by atoms with Crippen LogP contribution >= 0.6 is 11.8 Å². The minimum atomic E-state index is -1.37. The summed E-state index contributed by atoms with van der Waals surface area (Å²) in [6, 6.07) is 3.68. The Kier molecular flexibility index (Phi) is 8.34. The normalized spacial score (nSPS) is 24.9. The molecule has 2 heterocycles. The van der Waals surface area contributed by atoms with Gasteiger partial charge in [-0.15, -0.1) is 5.10 Å². The number of hydrogen-bond acceptors (Lipinski definition) is 10. The van der Waals surface area contributed by atoms with Gasteiger partial charge in [0, 0.05) is 24.1 Å². The summed E-state index contributed by atoms with van der Waals surface area (Å²) in [5, 5.41) is 32.4. The first-order valence-corrected chi connectivity index (χ1v) is 14.2. The van der Waals surface area contributed by atoms with Gasteiger partial charge in [-0.3, -0.25) is 0 Å². The molecule has 39 heavy (non-hydrogen) atoms. The van der Waals surface area contributed by atoms with Gasteiger partial charge >= 0.3 is 0 Å². The number of ether oxygens (including phenoxy) is 2. The number of rotatable bonds is 12. The lowest BCUT2D eigenvalue weighted by Gasteiger charge is -2.27. The number of aliphatic hydroxyl groups is 2. The van der Waals surface area contributed by atoms with Gasteiger partial charge < -0.3 is 25.0 Å². The van der Waals surface area contributed by atoms with Crippen molar-refractivity contribution in [3.05, 3.63) is 35.4 Å². The molecule has 3 aromatic rings. The second-order valence-corrected chi connectivity index (χ2v) is 11.6. The van der Waals surface area contributed by atoms with E-state index in [1.807, 2.05) is 0 Å². The van der Waals surface area contributed by atoms with E-state index in [2.05, 4.69) is 22.6 Å². The molecule has 0 aliphatic heterocycles. The van der Waals surface area contributed by atoms with Gasteiger partial charge in [0.25, 0.3) is 0 Å². The Morgan fingerprint density at radius 2 is 2.00 bits per heavy atom. The fourth-order valence-electron chi connectivity index (χ4n) is 5.08. The second-order valence-electron chi connectivity index (χ2n) is 10.5. The first kappa shape index (κ1) is 28.1. The predicted molar refractivity (Wildman–Crippen MR) is 142 cm³/mol. The van der Waals surface area contributed by atoms with Crippen LogP contribution in [0, 0.1) is 11.6 Å². The van der Waals surface area contributed by atoms with E-state index in [-0.39, 0.29) is 37.3 Å². The molecule has 0 amide bonds. The molecule has 2 aromatic heterocycles.